The average Bonchev–Trinajstić information content (AvgIpc) is 2.63. The number of ether oxygens (including phenoxy) is 1. The zero-order valence-corrected chi connectivity index (χ0v) is 16.1. The van der Waals surface area contributed by atoms with Gasteiger partial charge in [-0.1, -0.05) is 33.6 Å². The summed E-state index contributed by atoms with van der Waals surface area (Å²) in [7, 11) is 1.25. The van der Waals surface area contributed by atoms with E-state index >= 15 is 0 Å². The number of nitrogens with one attached hydrogen (secondary N) is 1. The summed E-state index contributed by atoms with van der Waals surface area (Å²) in [6.45, 7) is 0. The highest BCUT2D eigenvalue weighted by Crippen LogP contribution is 2.22. The summed E-state index contributed by atoms with van der Waals surface area (Å²) in [5, 5.41) is 3.09. The van der Waals surface area contributed by atoms with Crippen molar-refractivity contribution in [2.24, 2.45) is 5.73 Å². The number of amides is 2. The molecule has 0 bridgehead atoms. The van der Waals surface area contributed by atoms with E-state index in [9.17, 15) is 14.4 Å². The third-order valence-electron chi connectivity index (χ3n) is 3.63. The van der Waals surface area contributed by atoms with Gasteiger partial charge in [0.1, 0.15) is 6.04 Å². The minimum atomic E-state index is -0.945. The molecule has 2 aromatic carbocycles. The van der Waals surface area contributed by atoms with E-state index in [0.29, 0.717) is 5.02 Å². The van der Waals surface area contributed by atoms with Crippen molar-refractivity contribution < 1.29 is 19.1 Å². The lowest BCUT2D eigenvalue weighted by atomic mass is 10.0. The molecule has 0 fully saturated rings. The molecule has 2 rings (SSSR count). The van der Waals surface area contributed by atoms with Crippen molar-refractivity contribution in [1.82, 2.24) is 5.32 Å². The van der Waals surface area contributed by atoms with Crippen molar-refractivity contribution in [1.29, 1.82) is 0 Å². The van der Waals surface area contributed by atoms with E-state index in [1.165, 1.54) is 25.3 Å². The first-order valence-electron chi connectivity index (χ1n) is 7.54. The fourth-order valence-corrected chi connectivity index (χ4v) is 2.89. The molecule has 0 unspecified atom stereocenters. The predicted molar refractivity (Wildman–Crippen MR) is 101 cm³/mol. The van der Waals surface area contributed by atoms with Crippen LogP contribution in [0.1, 0.15) is 26.3 Å². The lowest BCUT2D eigenvalue weighted by Crippen LogP contribution is -2.46. The maximum Gasteiger partial charge on any atom is 0.337 e. The van der Waals surface area contributed by atoms with Crippen molar-refractivity contribution in [3.63, 3.8) is 0 Å². The van der Waals surface area contributed by atoms with Crippen LogP contribution in [-0.2, 0) is 16.0 Å². The first-order valence-corrected chi connectivity index (χ1v) is 8.71. The molecule has 8 heteroatoms. The molecule has 0 spiro atoms. The quantitative estimate of drug-likeness (QED) is 0.676. The Morgan fingerprint density at radius 2 is 1.88 bits per heavy atom. The summed E-state index contributed by atoms with van der Waals surface area (Å²) >= 11 is 9.35. The number of primary amides is 1. The van der Waals surface area contributed by atoms with Crippen molar-refractivity contribution in [2.45, 2.75) is 12.5 Å². The van der Waals surface area contributed by atoms with Gasteiger partial charge < -0.3 is 15.8 Å². The van der Waals surface area contributed by atoms with E-state index in [0.717, 1.165) is 10.0 Å². The number of nitrogens with two attached hydrogens (primary N) is 1. The number of methoxy groups -OCH3 is 1. The molecule has 6 nitrogen and oxygen atoms in total. The number of esters is 1. The highest BCUT2D eigenvalue weighted by molar-refractivity contribution is 9.10. The molecule has 0 heterocycles. The molecule has 26 heavy (non-hydrogen) atoms. The van der Waals surface area contributed by atoms with E-state index in [4.69, 9.17) is 17.3 Å². The number of hydrogen-bond donors (Lipinski definition) is 2. The van der Waals surface area contributed by atoms with Gasteiger partial charge in [-0.15, -0.1) is 0 Å². The standard InChI is InChI=1S/C18H16BrClN2O4/c1-26-18(25)11-4-2-3-10(7-11)17(24)22-15(16(21)23)9-12-8-13(20)5-6-14(12)19/h2-8,15H,9H2,1H3,(H2,21,23)(H,22,24)/t15-/m0/s1. The highest BCUT2D eigenvalue weighted by Gasteiger charge is 2.21. The second-order valence-corrected chi connectivity index (χ2v) is 6.73. The molecule has 0 saturated heterocycles. The Morgan fingerprint density at radius 1 is 1.19 bits per heavy atom. The molecule has 0 aliphatic carbocycles. The van der Waals surface area contributed by atoms with Crippen LogP contribution in [0.5, 0.6) is 0 Å². The monoisotopic (exact) mass is 438 g/mol. The van der Waals surface area contributed by atoms with Gasteiger partial charge in [-0.2, -0.15) is 0 Å². The van der Waals surface area contributed by atoms with Gasteiger partial charge >= 0.3 is 5.97 Å². The maximum atomic E-state index is 12.5. The van der Waals surface area contributed by atoms with Gasteiger partial charge in [-0.25, -0.2) is 4.79 Å². The smallest absolute Gasteiger partial charge is 0.337 e. The summed E-state index contributed by atoms with van der Waals surface area (Å²) in [6, 6.07) is 10.2. The lowest BCUT2D eigenvalue weighted by Gasteiger charge is -2.17. The van der Waals surface area contributed by atoms with Crippen molar-refractivity contribution in [3.8, 4) is 0 Å². The Balaban J connectivity index is 2.19. The van der Waals surface area contributed by atoms with Crippen molar-refractivity contribution in [3.05, 3.63) is 68.7 Å². The average molecular weight is 440 g/mol. The molecule has 136 valence electrons. The lowest BCUT2D eigenvalue weighted by molar-refractivity contribution is -0.119. The topological polar surface area (TPSA) is 98.5 Å². The van der Waals surface area contributed by atoms with E-state index < -0.39 is 23.8 Å². The summed E-state index contributed by atoms with van der Waals surface area (Å²) in [5.74, 6) is -1.78. The number of carbonyl (C=O) groups is 3. The van der Waals surface area contributed by atoms with Crippen LogP contribution in [0, 0.1) is 0 Å². The van der Waals surface area contributed by atoms with E-state index in [1.807, 2.05) is 0 Å². The van der Waals surface area contributed by atoms with Gasteiger partial charge in [0.25, 0.3) is 5.91 Å². The molecule has 3 N–H and O–H groups in total. The Kier molecular flexibility index (Phi) is 6.76. The Bertz CT molecular complexity index is 857. The third kappa shape index (κ3) is 5.06. The number of halogens is 2. The van der Waals surface area contributed by atoms with Crippen LogP contribution in [0.4, 0.5) is 0 Å². The highest BCUT2D eigenvalue weighted by atomic mass is 79.9. The zero-order chi connectivity index (χ0) is 19.3. The van der Waals surface area contributed by atoms with Crippen molar-refractivity contribution in [2.75, 3.05) is 7.11 Å². The summed E-state index contributed by atoms with van der Waals surface area (Å²) in [6.07, 6.45) is 0.166. The normalized spacial score (nSPS) is 11.5. The molecule has 2 aromatic rings. The molecule has 2 amide bonds. The van der Waals surface area contributed by atoms with Gasteiger partial charge in [-0.3, -0.25) is 9.59 Å². The van der Waals surface area contributed by atoms with Gasteiger partial charge in [0.15, 0.2) is 0 Å². The van der Waals surface area contributed by atoms with Crippen LogP contribution in [0.2, 0.25) is 5.02 Å². The first-order chi connectivity index (χ1) is 12.3. The maximum absolute atomic E-state index is 12.5. The summed E-state index contributed by atoms with van der Waals surface area (Å²) in [4.78, 5) is 35.8. The van der Waals surface area contributed by atoms with Crippen LogP contribution in [0.3, 0.4) is 0 Å². The Morgan fingerprint density at radius 3 is 2.54 bits per heavy atom. The number of rotatable bonds is 6. The molecular formula is C18H16BrClN2O4. The summed E-state index contributed by atoms with van der Waals surface area (Å²) in [5.41, 5.74) is 6.59. The number of carbonyl (C=O) groups excluding carboxylic acids is 3. The van der Waals surface area contributed by atoms with Gasteiger partial charge in [0, 0.05) is 21.5 Å². The second kappa shape index (κ2) is 8.82. The van der Waals surface area contributed by atoms with Crippen molar-refractivity contribution >= 4 is 45.3 Å². The fourth-order valence-electron chi connectivity index (χ4n) is 2.29. The van der Waals surface area contributed by atoms with E-state index in [-0.39, 0.29) is 17.5 Å². The van der Waals surface area contributed by atoms with E-state index in [2.05, 4.69) is 26.0 Å². The largest absolute Gasteiger partial charge is 0.465 e. The third-order valence-corrected chi connectivity index (χ3v) is 4.64. The Labute approximate surface area is 163 Å². The number of benzene rings is 2. The minimum Gasteiger partial charge on any atom is -0.465 e. The van der Waals surface area contributed by atoms with Crippen LogP contribution in [0.25, 0.3) is 0 Å². The fraction of sp³-hybridized carbons (Fsp3) is 0.167. The Hall–Kier alpha value is -2.38. The minimum absolute atomic E-state index is 0.166. The molecule has 0 saturated carbocycles. The number of hydrogen-bond acceptors (Lipinski definition) is 4. The summed E-state index contributed by atoms with van der Waals surface area (Å²) < 4.78 is 5.38. The van der Waals surface area contributed by atoms with Crippen LogP contribution in [-0.4, -0.2) is 30.9 Å². The van der Waals surface area contributed by atoms with Crippen LogP contribution in [0.15, 0.2) is 46.9 Å². The molecule has 0 aromatic heterocycles. The predicted octanol–water partition coefficient (Wildman–Crippen LogP) is 2.72. The van der Waals surface area contributed by atoms with Crippen LogP contribution < -0.4 is 11.1 Å². The SMILES string of the molecule is COC(=O)c1cccc(C(=O)N[C@@H](Cc2cc(Cl)ccc2Br)C(N)=O)c1. The molecule has 0 aliphatic heterocycles. The first kappa shape index (κ1) is 19.9. The zero-order valence-electron chi connectivity index (χ0n) is 13.8. The molecule has 0 aliphatic rings. The van der Waals surface area contributed by atoms with Gasteiger partial charge in [-0.05, 0) is 42.0 Å². The molecule has 0 radical (unpaired) electrons. The molecular weight excluding hydrogens is 424 g/mol. The van der Waals surface area contributed by atoms with E-state index in [1.54, 1.807) is 24.3 Å². The van der Waals surface area contributed by atoms with Gasteiger partial charge in [0.2, 0.25) is 5.91 Å². The van der Waals surface area contributed by atoms with Gasteiger partial charge in [0.05, 0.1) is 12.7 Å². The van der Waals surface area contributed by atoms with Crippen LogP contribution >= 0.6 is 27.5 Å². The molecule has 1 atom stereocenters. The second-order valence-electron chi connectivity index (χ2n) is 5.44.